The van der Waals surface area contributed by atoms with Crippen LogP contribution in [0.1, 0.15) is 30.4 Å². The summed E-state index contributed by atoms with van der Waals surface area (Å²) in [5.74, 6) is -0.1000. The zero-order valence-corrected chi connectivity index (χ0v) is 17.2. The molecule has 154 valence electrons. The van der Waals surface area contributed by atoms with Gasteiger partial charge in [0.25, 0.3) is 5.91 Å². The molecule has 0 saturated carbocycles. The van der Waals surface area contributed by atoms with Crippen molar-refractivity contribution in [1.29, 1.82) is 0 Å². The summed E-state index contributed by atoms with van der Waals surface area (Å²) in [4.78, 5) is 14.8. The first-order chi connectivity index (χ1) is 14.1. The van der Waals surface area contributed by atoms with Crippen molar-refractivity contribution in [3.05, 3.63) is 59.7 Å². The van der Waals surface area contributed by atoms with Gasteiger partial charge in [0.1, 0.15) is 6.61 Å². The van der Waals surface area contributed by atoms with Gasteiger partial charge in [-0.2, -0.15) is 4.31 Å². The topological polar surface area (TPSA) is 66.9 Å². The lowest BCUT2D eigenvalue weighted by Crippen LogP contribution is -2.38. The van der Waals surface area contributed by atoms with Crippen LogP contribution in [0.4, 0.5) is 5.69 Å². The maximum Gasteiger partial charge on any atom is 0.252 e. The van der Waals surface area contributed by atoms with Gasteiger partial charge in [-0.3, -0.25) is 4.79 Å². The Morgan fingerprint density at radius 1 is 0.966 bits per heavy atom. The van der Waals surface area contributed by atoms with Crippen molar-refractivity contribution in [3.63, 3.8) is 0 Å². The van der Waals surface area contributed by atoms with Gasteiger partial charge in [0, 0.05) is 25.3 Å². The fourth-order valence-electron chi connectivity index (χ4n) is 3.98. The number of ether oxygens (including phenoxy) is 1. The summed E-state index contributed by atoms with van der Waals surface area (Å²) < 4.78 is 32.8. The fraction of sp³-hybridized carbons (Fsp3) is 0.409. The molecule has 2 aliphatic heterocycles. The first kappa shape index (κ1) is 20.1. The van der Waals surface area contributed by atoms with Crippen molar-refractivity contribution >= 4 is 21.6 Å². The van der Waals surface area contributed by atoms with Gasteiger partial charge in [0.15, 0.2) is 0 Å². The monoisotopic (exact) mass is 414 g/mol. The third kappa shape index (κ3) is 4.37. The largest absolute Gasteiger partial charge is 0.367 e. The third-order valence-electron chi connectivity index (χ3n) is 5.51. The molecule has 2 aromatic carbocycles. The Bertz CT molecular complexity index is 970. The molecule has 0 aromatic heterocycles. The molecule has 0 aliphatic carbocycles. The Balaban J connectivity index is 1.46. The van der Waals surface area contributed by atoms with Crippen LogP contribution in [0.15, 0.2) is 53.4 Å². The van der Waals surface area contributed by atoms with Crippen LogP contribution < -0.4 is 4.90 Å². The number of fused-ring (bicyclic) bond motifs is 1. The molecule has 0 spiro atoms. The zero-order valence-electron chi connectivity index (χ0n) is 16.4. The Morgan fingerprint density at radius 2 is 1.72 bits per heavy atom. The van der Waals surface area contributed by atoms with Crippen LogP contribution in [-0.4, -0.2) is 44.9 Å². The van der Waals surface area contributed by atoms with Crippen molar-refractivity contribution in [2.75, 3.05) is 31.1 Å². The maximum absolute atomic E-state index is 12.8. The molecule has 6 nitrogen and oxygen atoms in total. The van der Waals surface area contributed by atoms with Gasteiger partial charge < -0.3 is 9.64 Å². The molecule has 0 atom stereocenters. The van der Waals surface area contributed by atoms with Crippen LogP contribution in [-0.2, 0) is 32.6 Å². The highest BCUT2D eigenvalue weighted by molar-refractivity contribution is 7.89. The van der Waals surface area contributed by atoms with E-state index < -0.39 is 10.0 Å². The molecule has 0 unspecified atom stereocenters. The summed E-state index contributed by atoms with van der Waals surface area (Å²) >= 11 is 0. The Hall–Kier alpha value is -2.22. The summed E-state index contributed by atoms with van der Waals surface area (Å²) in [5.41, 5.74) is 2.73. The summed E-state index contributed by atoms with van der Waals surface area (Å²) in [5, 5.41) is 0. The Morgan fingerprint density at radius 3 is 2.48 bits per heavy atom. The number of rotatable bonds is 6. The first-order valence-corrected chi connectivity index (χ1v) is 11.5. The van der Waals surface area contributed by atoms with E-state index in [4.69, 9.17) is 4.74 Å². The summed E-state index contributed by atoms with van der Waals surface area (Å²) in [7, 11) is -3.45. The van der Waals surface area contributed by atoms with E-state index in [1.807, 2.05) is 30.3 Å². The second-order valence-electron chi connectivity index (χ2n) is 7.53. The second kappa shape index (κ2) is 8.65. The highest BCUT2D eigenvalue weighted by Crippen LogP contribution is 2.31. The minimum atomic E-state index is -3.45. The normalized spacial score (nSPS) is 17.3. The van der Waals surface area contributed by atoms with Crippen LogP contribution in [0.3, 0.4) is 0 Å². The third-order valence-corrected chi connectivity index (χ3v) is 7.41. The fourth-order valence-corrected chi connectivity index (χ4v) is 5.55. The summed E-state index contributed by atoms with van der Waals surface area (Å²) in [6, 6.07) is 14.9. The number of carbonyl (C=O) groups excluding carboxylic acids is 1. The van der Waals surface area contributed by atoms with Gasteiger partial charge in [-0.15, -0.1) is 0 Å². The van der Waals surface area contributed by atoms with Crippen LogP contribution in [0.5, 0.6) is 0 Å². The van der Waals surface area contributed by atoms with E-state index in [-0.39, 0.29) is 12.5 Å². The molecule has 2 aliphatic rings. The molecule has 0 bridgehead atoms. The molecule has 29 heavy (non-hydrogen) atoms. The molecule has 7 heteroatoms. The minimum Gasteiger partial charge on any atom is -0.367 e. The maximum atomic E-state index is 12.8. The molecule has 0 N–H and O–H groups in total. The zero-order chi connectivity index (χ0) is 20.3. The van der Waals surface area contributed by atoms with E-state index in [2.05, 4.69) is 0 Å². The smallest absolute Gasteiger partial charge is 0.252 e. The van der Waals surface area contributed by atoms with Gasteiger partial charge in [-0.1, -0.05) is 30.3 Å². The lowest BCUT2D eigenvalue weighted by molar-refractivity contribution is -0.123. The molecule has 2 heterocycles. The van der Waals surface area contributed by atoms with E-state index in [1.54, 1.807) is 27.4 Å². The lowest BCUT2D eigenvalue weighted by atomic mass is 10.0. The van der Waals surface area contributed by atoms with E-state index in [9.17, 15) is 13.2 Å². The first-order valence-electron chi connectivity index (χ1n) is 10.1. The van der Waals surface area contributed by atoms with Crippen LogP contribution in [0.2, 0.25) is 0 Å². The number of hydrogen-bond acceptors (Lipinski definition) is 4. The van der Waals surface area contributed by atoms with Gasteiger partial charge in [0.2, 0.25) is 10.0 Å². The van der Waals surface area contributed by atoms with Crippen LogP contribution in [0.25, 0.3) is 0 Å². The highest BCUT2D eigenvalue weighted by Gasteiger charge is 2.29. The predicted octanol–water partition coefficient (Wildman–Crippen LogP) is 2.97. The SMILES string of the molecule is O=C(COCc1ccccc1)N1CCCc2cc(S(=O)(=O)N3CCCC3)ccc21. The van der Waals surface area contributed by atoms with Crippen molar-refractivity contribution in [2.45, 2.75) is 37.2 Å². The predicted molar refractivity (Wildman–Crippen MR) is 111 cm³/mol. The average molecular weight is 415 g/mol. The molecule has 4 rings (SSSR count). The molecule has 2 aromatic rings. The molecular weight excluding hydrogens is 388 g/mol. The average Bonchev–Trinajstić information content (AvgIpc) is 3.29. The van der Waals surface area contributed by atoms with E-state index in [0.29, 0.717) is 31.1 Å². The highest BCUT2D eigenvalue weighted by atomic mass is 32.2. The molecular formula is C22H26N2O4S. The number of nitrogens with zero attached hydrogens (tertiary/aromatic N) is 2. The van der Waals surface area contributed by atoms with Gasteiger partial charge >= 0.3 is 0 Å². The molecule has 0 radical (unpaired) electrons. The number of carbonyl (C=O) groups is 1. The van der Waals surface area contributed by atoms with Crippen LogP contribution in [0, 0.1) is 0 Å². The second-order valence-corrected chi connectivity index (χ2v) is 9.47. The number of sulfonamides is 1. The van der Waals surface area contributed by atoms with Crippen molar-refractivity contribution in [1.82, 2.24) is 4.31 Å². The Kier molecular flexibility index (Phi) is 5.99. The standard InChI is InChI=1S/C22H26N2O4S/c25-22(17-28-16-18-7-2-1-3-8-18)24-14-6-9-19-15-20(10-11-21(19)24)29(26,27)23-12-4-5-13-23/h1-3,7-8,10-11,15H,4-6,9,12-14,16-17H2. The summed E-state index contributed by atoms with van der Waals surface area (Å²) in [6.45, 7) is 2.19. The lowest BCUT2D eigenvalue weighted by Gasteiger charge is -2.30. The number of anilines is 1. The number of amides is 1. The van der Waals surface area contributed by atoms with E-state index >= 15 is 0 Å². The molecule has 1 amide bonds. The summed E-state index contributed by atoms with van der Waals surface area (Å²) in [6.07, 6.45) is 3.41. The van der Waals surface area contributed by atoms with Crippen molar-refractivity contribution < 1.29 is 17.9 Å². The van der Waals surface area contributed by atoms with Gasteiger partial charge in [-0.05, 0) is 55.0 Å². The molecule has 1 saturated heterocycles. The van der Waals surface area contributed by atoms with E-state index in [0.717, 1.165) is 42.5 Å². The minimum absolute atomic E-state index is 0.00214. The van der Waals surface area contributed by atoms with Gasteiger partial charge in [-0.25, -0.2) is 8.42 Å². The number of aryl methyl sites for hydroxylation is 1. The van der Waals surface area contributed by atoms with Gasteiger partial charge in [0.05, 0.1) is 11.5 Å². The Labute approximate surface area is 172 Å². The van der Waals surface area contributed by atoms with Crippen molar-refractivity contribution in [3.8, 4) is 0 Å². The molecule has 1 fully saturated rings. The quantitative estimate of drug-likeness (QED) is 0.729. The number of hydrogen-bond donors (Lipinski definition) is 0. The number of benzene rings is 2. The van der Waals surface area contributed by atoms with Crippen molar-refractivity contribution in [2.24, 2.45) is 0 Å². The van der Waals surface area contributed by atoms with E-state index in [1.165, 1.54) is 0 Å². The van der Waals surface area contributed by atoms with Crippen LogP contribution >= 0.6 is 0 Å².